The van der Waals surface area contributed by atoms with Crippen LogP contribution in [0.1, 0.15) is 35.1 Å². The molecule has 0 N–H and O–H groups in total. The van der Waals surface area contributed by atoms with Crippen molar-refractivity contribution in [1.29, 1.82) is 0 Å². The lowest BCUT2D eigenvalue weighted by atomic mass is 9.56. The molecule has 3 atom stereocenters. The molecule has 0 bridgehead atoms. The van der Waals surface area contributed by atoms with Gasteiger partial charge in [-0.25, -0.2) is 9.97 Å². The van der Waals surface area contributed by atoms with Gasteiger partial charge in [-0.05, 0) is 90.8 Å². The van der Waals surface area contributed by atoms with Crippen LogP contribution in [0.2, 0.25) is 0 Å². The first kappa shape index (κ1) is 33.0. The maximum Gasteiger partial charge on any atom is 0.161 e. The van der Waals surface area contributed by atoms with Gasteiger partial charge in [0.15, 0.2) is 5.82 Å². The van der Waals surface area contributed by atoms with Crippen molar-refractivity contribution in [3.05, 3.63) is 223 Å². The second-order valence-electron chi connectivity index (χ2n) is 16.1. The van der Waals surface area contributed by atoms with Gasteiger partial charge in [0.1, 0.15) is 0 Å². The molecule has 9 aromatic rings. The van der Waals surface area contributed by atoms with Gasteiger partial charge in [-0.3, -0.25) is 4.98 Å². The van der Waals surface area contributed by atoms with E-state index in [9.17, 15) is 0 Å². The van der Waals surface area contributed by atoms with E-state index in [1.807, 2.05) is 18.5 Å². The van der Waals surface area contributed by atoms with E-state index < -0.39 is 0 Å². The third-order valence-electron chi connectivity index (χ3n) is 13.2. The van der Waals surface area contributed by atoms with Crippen LogP contribution in [-0.4, -0.2) is 15.0 Å². The van der Waals surface area contributed by atoms with Gasteiger partial charge in [0.2, 0.25) is 0 Å². The van der Waals surface area contributed by atoms with E-state index in [1.165, 1.54) is 49.5 Å². The van der Waals surface area contributed by atoms with Crippen molar-refractivity contribution in [2.24, 2.45) is 5.41 Å². The summed E-state index contributed by atoms with van der Waals surface area (Å²) in [6.07, 6.45) is 13.1. The van der Waals surface area contributed by atoms with E-state index in [0.717, 1.165) is 44.6 Å². The highest BCUT2D eigenvalue weighted by molar-refractivity contribution is 6.13. The van der Waals surface area contributed by atoms with Crippen molar-refractivity contribution in [3.8, 4) is 56.2 Å². The molecule has 2 aromatic heterocycles. The van der Waals surface area contributed by atoms with Crippen molar-refractivity contribution < 1.29 is 0 Å². The Kier molecular flexibility index (Phi) is 7.04. The molecule has 272 valence electrons. The predicted molar refractivity (Wildman–Crippen MR) is 237 cm³/mol. The normalized spacial score (nSPS) is 19.6. The summed E-state index contributed by atoms with van der Waals surface area (Å²) in [5.41, 5.74) is 14.5. The first-order chi connectivity index (χ1) is 28.6. The molecule has 7 aromatic carbocycles. The first-order valence-corrected chi connectivity index (χ1v) is 20.1. The molecular weight excluding hydrogens is 703 g/mol. The third-order valence-corrected chi connectivity index (χ3v) is 13.2. The molecule has 1 spiro atoms. The zero-order valence-corrected chi connectivity index (χ0v) is 32.0. The highest BCUT2D eigenvalue weighted by Gasteiger charge is 2.63. The van der Waals surface area contributed by atoms with Crippen molar-refractivity contribution >= 4 is 21.5 Å². The molecule has 3 heteroatoms. The number of benzene rings is 7. The largest absolute Gasteiger partial charge is 0.264 e. The fraction of sp³-hybridized carbons (Fsp3) is 0.0727. The highest BCUT2D eigenvalue weighted by Crippen LogP contribution is 2.71. The number of hydrogen-bond donors (Lipinski definition) is 0. The van der Waals surface area contributed by atoms with Crippen molar-refractivity contribution in [2.75, 3.05) is 0 Å². The second-order valence-corrected chi connectivity index (χ2v) is 16.1. The van der Waals surface area contributed by atoms with Crippen LogP contribution < -0.4 is 0 Å². The Hall–Kier alpha value is -7.23. The molecule has 3 nitrogen and oxygen atoms in total. The molecule has 0 saturated carbocycles. The van der Waals surface area contributed by atoms with Gasteiger partial charge in [0.05, 0.1) is 16.8 Å². The van der Waals surface area contributed by atoms with Gasteiger partial charge < -0.3 is 0 Å². The van der Waals surface area contributed by atoms with E-state index in [-0.39, 0.29) is 16.7 Å². The lowest BCUT2D eigenvalue weighted by Crippen LogP contribution is -2.42. The third kappa shape index (κ3) is 4.53. The van der Waals surface area contributed by atoms with Crippen LogP contribution in [-0.2, 0) is 5.41 Å². The summed E-state index contributed by atoms with van der Waals surface area (Å²) >= 11 is 0. The van der Waals surface area contributed by atoms with Crippen molar-refractivity contribution in [3.63, 3.8) is 0 Å². The predicted octanol–water partition coefficient (Wildman–Crippen LogP) is 13.4. The minimum absolute atomic E-state index is 0.218. The number of hydrogen-bond acceptors (Lipinski definition) is 3. The second kappa shape index (κ2) is 12.4. The van der Waals surface area contributed by atoms with E-state index in [1.54, 1.807) is 0 Å². The summed E-state index contributed by atoms with van der Waals surface area (Å²) in [5, 5.41) is 4.72. The number of pyridine rings is 1. The van der Waals surface area contributed by atoms with Gasteiger partial charge in [-0.2, -0.15) is 0 Å². The molecule has 0 fully saturated rings. The standard InChI is InChI=1S/C55H37N3/c1-54-28-11-10-23-47(54)45-22-7-9-25-49(45)55(54)48-24-8-6-21-43(48)44-27-26-38(32-50(44)55)52-33-51(37-16-12-15-35(30-37)39-17-13-29-56-34-39)57-53(58-52)46-31-36-14-2-3-18-40(36)41-19-4-5-20-42(41)46/h2-34,47H,1H3. The van der Waals surface area contributed by atoms with Crippen LogP contribution in [0.4, 0.5) is 0 Å². The maximum atomic E-state index is 5.52. The van der Waals surface area contributed by atoms with Crippen LogP contribution >= 0.6 is 0 Å². The van der Waals surface area contributed by atoms with E-state index in [0.29, 0.717) is 5.82 Å². The Labute approximate surface area is 337 Å². The average molecular weight is 740 g/mol. The summed E-state index contributed by atoms with van der Waals surface area (Å²) in [6.45, 7) is 2.47. The summed E-state index contributed by atoms with van der Waals surface area (Å²) in [7, 11) is 0. The minimum Gasteiger partial charge on any atom is -0.264 e. The number of allylic oxidation sites excluding steroid dienone is 4. The Balaban J connectivity index is 1.12. The Morgan fingerprint density at radius 3 is 2.05 bits per heavy atom. The molecule has 0 amide bonds. The van der Waals surface area contributed by atoms with E-state index in [2.05, 4.69) is 194 Å². The lowest BCUT2D eigenvalue weighted by molar-refractivity contribution is 0.294. The Morgan fingerprint density at radius 2 is 1.19 bits per heavy atom. The molecule has 2 heterocycles. The monoisotopic (exact) mass is 739 g/mol. The van der Waals surface area contributed by atoms with Gasteiger partial charge in [0.25, 0.3) is 0 Å². The molecule has 58 heavy (non-hydrogen) atoms. The first-order valence-electron chi connectivity index (χ1n) is 20.1. The number of aromatic nitrogens is 3. The molecule has 0 saturated heterocycles. The van der Waals surface area contributed by atoms with Crippen LogP contribution in [0, 0.1) is 5.41 Å². The molecule has 0 radical (unpaired) electrons. The SMILES string of the molecule is CC12C=CC=CC1c1ccccc1C21c2ccccc2-c2ccc(-c3cc(-c4cccc(-c5cccnc5)c4)nc(-c4cc5ccccc5c5ccccc45)n3)cc21. The van der Waals surface area contributed by atoms with Gasteiger partial charge in [0, 0.05) is 46.0 Å². The van der Waals surface area contributed by atoms with E-state index >= 15 is 0 Å². The smallest absolute Gasteiger partial charge is 0.161 e. The summed E-state index contributed by atoms with van der Waals surface area (Å²) in [5.74, 6) is 0.959. The van der Waals surface area contributed by atoms with Gasteiger partial charge in [-0.1, -0.05) is 165 Å². The van der Waals surface area contributed by atoms with Crippen LogP contribution in [0.15, 0.2) is 200 Å². The van der Waals surface area contributed by atoms with Crippen LogP contribution in [0.5, 0.6) is 0 Å². The lowest BCUT2D eigenvalue weighted by Gasteiger charge is -2.45. The molecule has 3 aliphatic rings. The summed E-state index contributed by atoms with van der Waals surface area (Å²) in [4.78, 5) is 15.4. The molecule has 3 unspecified atom stereocenters. The number of fused-ring (bicyclic) bond motifs is 13. The highest BCUT2D eigenvalue weighted by atomic mass is 14.9. The molecule has 3 aliphatic carbocycles. The maximum absolute atomic E-state index is 5.52. The molecular formula is C55H37N3. The van der Waals surface area contributed by atoms with Gasteiger partial charge in [-0.15, -0.1) is 0 Å². The number of nitrogens with zero attached hydrogens (tertiary/aromatic N) is 3. The average Bonchev–Trinajstić information content (AvgIpc) is 3.73. The van der Waals surface area contributed by atoms with Crippen LogP contribution in [0.3, 0.4) is 0 Å². The summed E-state index contributed by atoms with van der Waals surface area (Å²) < 4.78 is 0. The number of rotatable bonds is 4. The fourth-order valence-electron chi connectivity index (χ4n) is 10.7. The Bertz CT molecular complexity index is 3210. The summed E-state index contributed by atoms with van der Waals surface area (Å²) in [6, 6.07) is 59.7. The topological polar surface area (TPSA) is 38.7 Å². The fourth-order valence-corrected chi connectivity index (χ4v) is 10.7. The quantitative estimate of drug-likeness (QED) is 0.169. The minimum atomic E-state index is -0.386. The zero-order chi connectivity index (χ0) is 38.4. The van der Waals surface area contributed by atoms with Gasteiger partial charge >= 0.3 is 0 Å². The van der Waals surface area contributed by atoms with Crippen molar-refractivity contribution in [2.45, 2.75) is 18.3 Å². The Morgan fingerprint density at radius 1 is 0.483 bits per heavy atom. The van der Waals surface area contributed by atoms with E-state index in [4.69, 9.17) is 9.97 Å². The molecule has 0 aliphatic heterocycles. The zero-order valence-electron chi connectivity index (χ0n) is 32.0. The molecule has 12 rings (SSSR count). The van der Waals surface area contributed by atoms with Crippen LogP contribution in [0.25, 0.3) is 77.7 Å². The van der Waals surface area contributed by atoms with Crippen molar-refractivity contribution in [1.82, 2.24) is 15.0 Å².